The molecule has 2 aromatic rings. The first-order valence-corrected chi connectivity index (χ1v) is 10.1. The van der Waals surface area contributed by atoms with Crippen molar-refractivity contribution in [3.63, 3.8) is 0 Å². The molecule has 2 saturated heterocycles. The SMILES string of the molecule is O=C(CCS(=O)(=O)c1cccc2nonc12)N1CCC2(CC1)OCCO2. The summed E-state index contributed by atoms with van der Waals surface area (Å²) in [5, 5.41) is 7.30. The summed E-state index contributed by atoms with van der Waals surface area (Å²) in [6.45, 7) is 2.16. The van der Waals surface area contributed by atoms with E-state index in [1.807, 2.05) is 0 Å². The fourth-order valence-corrected chi connectivity index (χ4v) is 4.79. The molecule has 2 aliphatic rings. The maximum absolute atomic E-state index is 12.6. The Bertz CT molecular complexity index is 909. The van der Waals surface area contributed by atoms with Crippen molar-refractivity contribution < 1.29 is 27.3 Å². The Hall–Kier alpha value is -2.04. The number of carbonyl (C=O) groups excluding carboxylic acids is 1. The molecule has 0 radical (unpaired) electrons. The van der Waals surface area contributed by atoms with Crippen molar-refractivity contribution in [3.05, 3.63) is 18.2 Å². The molecule has 0 bridgehead atoms. The summed E-state index contributed by atoms with van der Waals surface area (Å²) in [7, 11) is -3.67. The van der Waals surface area contributed by atoms with Crippen LogP contribution in [0.2, 0.25) is 0 Å². The predicted octanol–water partition coefficient (Wildman–Crippen LogP) is 0.752. The van der Waals surface area contributed by atoms with Gasteiger partial charge in [0.2, 0.25) is 5.91 Å². The Morgan fingerprint density at radius 2 is 1.88 bits per heavy atom. The number of likely N-dealkylation sites (tertiary alicyclic amines) is 1. The molecule has 0 atom stereocenters. The van der Waals surface area contributed by atoms with Crippen LogP contribution in [0.25, 0.3) is 11.0 Å². The first kappa shape index (κ1) is 17.4. The molecule has 2 aliphatic heterocycles. The Labute approximate surface area is 150 Å². The first-order valence-electron chi connectivity index (χ1n) is 8.49. The van der Waals surface area contributed by atoms with Gasteiger partial charge in [0, 0.05) is 32.4 Å². The van der Waals surface area contributed by atoms with Crippen LogP contribution in [0.4, 0.5) is 0 Å². The summed E-state index contributed by atoms with van der Waals surface area (Å²) in [4.78, 5) is 14.1. The fraction of sp³-hybridized carbons (Fsp3) is 0.562. The molecule has 140 valence electrons. The number of carbonyl (C=O) groups is 1. The van der Waals surface area contributed by atoms with Crippen molar-refractivity contribution in [2.75, 3.05) is 32.1 Å². The average Bonchev–Trinajstić information content (AvgIpc) is 3.29. The molecule has 0 N–H and O–H groups in total. The Morgan fingerprint density at radius 1 is 1.15 bits per heavy atom. The van der Waals surface area contributed by atoms with Crippen LogP contribution in [-0.2, 0) is 24.1 Å². The normalized spacial score (nSPS) is 20.1. The lowest BCUT2D eigenvalue weighted by Crippen LogP contribution is -2.47. The van der Waals surface area contributed by atoms with Gasteiger partial charge in [0.15, 0.2) is 21.1 Å². The van der Waals surface area contributed by atoms with Crippen LogP contribution in [0.15, 0.2) is 27.7 Å². The van der Waals surface area contributed by atoms with Crippen LogP contribution >= 0.6 is 0 Å². The number of hydrogen-bond donors (Lipinski definition) is 0. The summed E-state index contributed by atoms with van der Waals surface area (Å²) < 4.78 is 41.1. The second kappa shape index (κ2) is 6.60. The van der Waals surface area contributed by atoms with Crippen LogP contribution in [0.1, 0.15) is 19.3 Å². The number of aromatic nitrogens is 2. The van der Waals surface area contributed by atoms with Gasteiger partial charge in [-0.3, -0.25) is 4.79 Å². The third-order valence-corrected chi connectivity index (χ3v) is 6.60. The van der Waals surface area contributed by atoms with Gasteiger partial charge in [0.1, 0.15) is 5.52 Å². The minimum atomic E-state index is -3.67. The standard InChI is InChI=1S/C16H19N3O6S/c20-14(19-7-5-16(6-8-19)23-9-10-24-16)4-11-26(21,22)13-3-1-2-12-15(13)18-25-17-12/h1-3H,4-11H2. The maximum Gasteiger partial charge on any atom is 0.223 e. The summed E-state index contributed by atoms with van der Waals surface area (Å²) in [5.41, 5.74) is 0.561. The van der Waals surface area contributed by atoms with E-state index in [-0.39, 0.29) is 28.5 Å². The lowest BCUT2D eigenvalue weighted by atomic mass is 10.0. The molecule has 3 heterocycles. The molecule has 10 heteroatoms. The fourth-order valence-electron chi connectivity index (χ4n) is 3.40. The molecule has 0 saturated carbocycles. The Balaban J connectivity index is 1.39. The molecule has 0 aliphatic carbocycles. The molecule has 1 aromatic carbocycles. The monoisotopic (exact) mass is 381 g/mol. The number of amides is 1. The maximum atomic E-state index is 12.6. The van der Waals surface area contributed by atoms with Gasteiger partial charge in [-0.2, -0.15) is 0 Å². The van der Waals surface area contributed by atoms with E-state index in [0.717, 1.165) is 0 Å². The van der Waals surface area contributed by atoms with Crippen LogP contribution < -0.4 is 0 Å². The highest BCUT2D eigenvalue weighted by atomic mass is 32.2. The number of hydrogen-bond acceptors (Lipinski definition) is 8. The molecule has 0 unspecified atom stereocenters. The zero-order valence-electron chi connectivity index (χ0n) is 14.1. The smallest absolute Gasteiger partial charge is 0.223 e. The first-order chi connectivity index (χ1) is 12.5. The van der Waals surface area contributed by atoms with Gasteiger partial charge >= 0.3 is 0 Å². The largest absolute Gasteiger partial charge is 0.347 e. The van der Waals surface area contributed by atoms with Gasteiger partial charge < -0.3 is 14.4 Å². The van der Waals surface area contributed by atoms with E-state index >= 15 is 0 Å². The molecule has 1 amide bonds. The number of benzene rings is 1. The predicted molar refractivity (Wildman–Crippen MR) is 88.9 cm³/mol. The lowest BCUT2D eigenvalue weighted by Gasteiger charge is -2.37. The quantitative estimate of drug-likeness (QED) is 0.763. The third-order valence-electron chi connectivity index (χ3n) is 4.86. The van der Waals surface area contributed by atoms with Crippen molar-refractivity contribution in [2.24, 2.45) is 0 Å². The molecule has 2 fully saturated rings. The average molecular weight is 381 g/mol. The van der Waals surface area contributed by atoms with E-state index in [0.29, 0.717) is 44.7 Å². The van der Waals surface area contributed by atoms with Gasteiger partial charge in [0.25, 0.3) is 0 Å². The van der Waals surface area contributed by atoms with Gasteiger partial charge in [-0.15, -0.1) is 0 Å². The molecule has 4 rings (SSSR count). The number of rotatable bonds is 4. The van der Waals surface area contributed by atoms with Crippen molar-refractivity contribution in [1.29, 1.82) is 0 Å². The highest BCUT2D eigenvalue weighted by Crippen LogP contribution is 2.31. The minimum Gasteiger partial charge on any atom is -0.347 e. The highest BCUT2D eigenvalue weighted by molar-refractivity contribution is 7.91. The van der Waals surface area contributed by atoms with Gasteiger partial charge in [-0.1, -0.05) is 6.07 Å². The number of nitrogens with zero attached hydrogens (tertiary/aromatic N) is 3. The highest BCUT2D eigenvalue weighted by Gasteiger charge is 2.40. The summed E-state index contributed by atoms with van der Waals surface area (Å²) >= 11 is 0. The molecule has 1 spiro atoms. The number of sulfone groups is 1. The number of fused-ring (bicyclic) bond motifs is 1. The Kier molecular flexibility index (Phi) is 4.41. The molecular weight excluding hydrogens is 362 g/mol. The zero-order chi connectivity index (χ0) is 18.2. The topological polar surface area (TPSA) is 112 Å². The van der Waals surface area contributed by atoms with E-state index in [9.17, 15) is 13.2 Å². The molecular formula is C16H19N3O6S. The van der Waals surface area contributed by atoms with Crippen LogP contribution in [0, 0.1) is 0 Å². The second-order valence-corrected chi connectivity index (χ2v) is 8.52. The van der Waals surface area contributed by atoms with Crippen LogP contribution in [0.5, 0.6) is 0 Å². The third kappa shape index (κ3) is 3.19. The Morgan fingerprint density at radius 3 is 2.62 bits per heavy atom. The molecule has 26 heavy (non-hydrogen) atoms. The van der Waals surface area contributed by atoms with E-state index in [2.05, 4.69) is 14.9 Å². The van der Waals surface area contributed by atoms with Gasteiger partial charge in [-0.05, 0) is 22.4 Å². The zero-order valence-corrected chi connectivity index (χ0v) is 14.9. The van der Waals surface area contributed by atoms with Gasteiger partial charge in [0.05, 0.1) is 23.9 Å². The molecule has 9 nitrogen and oxygen atoms in total. The summed E-state index contributed by atoms with van der Waals surface area (Å²) in [6.07, 6.45) is 1.13. The van der Waals surface area contributed by atoms with E-state index in [4.69, 9.17) is 9.47 Å². The van der Waals surface area contributed by atoms with E-state index in [1.165, 1.54) is 6.07 Å². The minimum absolute atomic E-state index is 0.0365. The number of piperidine rings is 1. The summed E-state index contributed by atoms with van der Waals surface area (Å²) in [6, 6.07) is 4.64. The van der Waals surface area contributed by atoms with Crippen molar-refractivity contribution in [2.45, 2.75) is 29.9 Å². The van der Waals surface area contributed by atoms with Crippen LogP contribution in [-0.4, -0.2) is 67.4 Å². The van der Waals surface area contributed by atoms with Crippen molar-refractivity contribution in [3.8, 4) is 0 Å². The van der Waals surface area contributed by atoms with E-state index in [1.54, 1.807) is 17.0 Å². The number of ether oxygens (including phenoxy) is 2. The second-order valence-electron chi connectivity index (χ2n) is 6.45. The van der Waals surface area contributed by atoms with Crippen molar-refractivity contribution in [1.82, 2.24) is 15.2 Å². The molecule has 1 aromatic heterocycles. The van der Waals surface area contributed by atoms with Gasteiger partial charge in [-0.25, -0.2) is 13.0 Å². The summed E-state index contributed by atoms with van der Waals surface area (Å²) in [5.74, 6) is -1.03. The van der Waals surface area contributed by atoms with Crippen molar-refractivity contribution >= 4 is 26.8 Å². The lowest BCUT2D eigenvalue weighted by molar-refractivity contribution is -0.187. The van der Waals surface area contributed by atoms with Crippen LogP contribution in [0.3, 0.4) is 0 Å². The van der Waals surface area contributed by atoms with E-state index < -0.39 is 15.6 Å².